The van der Waals surface area contributed by atoms with E-state index in [0.717, 1.165) is 28.2 Å². The summed E-state index contributed by atoms with van der Waals surface area (Å²) in [5.74, 6) is 0. The summed E-state index contributed by atoms with van der Waals surface area (Å²) >= 11 is 7.54. The molecule has 0 radical (unpaired) electrons. The summed E-state index contributed by atoms with van der Waals surface area (Å²) in [4.78, 5) is 1.21. The normalized spacial score (nSPS) is 10.9. The van der Waals surface area contributed by atoms with Crippen LogP contribution in [0.25, 0.3) is 10.9 Å². The number of hydrogen-bond donors (Lipinski definition) is 2. The quantitative estimate of drug-likeness (QED) is 0.753. The molecular formula is C12H10ClN3S. The number of benzene rings is 1. The highest BCUT2D eigenvalue weighted by Crippen LogP contribution is 2.23. The third kappa shape index (κ3) is 2.14. The molecule has 17 heavy (non-hydrogen) atoms. The average molecular weight is 264 g/mol. The van der Waals surface area contributed by atoms with Gasteiger partial charge in [-0.3, -0.25) is 5.10 Å². The lowest BCUT2D eigenvalue weighted by atomic mass is 10.2. The number of aromatic nitrogens is 2. The molecule has 0 saturated carbocycles. The molecule has 3 rings (SSSR count). The molecule has 2 aromatic heterocycles. The van der Waals surface area contributed by atoms with E-state index in [9.17, 15) is 0 Å². The van der Waals surface area contributed by atoms with Crippen LogP contribution in [0.1, 0.15) is 4.88 Å². The standard InChI is InChI=1S/C12H10ClN3S/c13-9-4-10(17-7-9)6-14-11-3-1-2-8-5-15-16-12(8)11/h1-5,7,14H,6H2,(H,15,16). The molecule has 0 fully saturated rings. The number of anilines is 1. The Morgan fingerprint density at radius 2 is 2.35 bits per heavy atom. The van der Waals surface area contributed by atoms with Crippen molar-refractivity contribution in [3.05, 3.63) is 45.7 Å². The average Bonchev–Trinajstić information content (AvgIpc) is 2.94. The Morgan fingerprint density at radius 3 is 3.18 bits per heavy atom. The summed E-state index contributed by atoms with van der Waals surface area (Å²) < 4.78 is 0. The van der Waals surface area contributed by atoms with Crippen LogP contribution in [0.4, 0.5) is 5.69 Å². The molecule has 3 nitrogen and oxygen atoms in total. The van der Waals surface area contributed by atoms with Crippen LogP contribution in [-0.2, 0) is 6.54 Å². The molecule has 5 heteroatoms. The van der Waals surface area contributed by atoms with E-state index in [1.54, 1.807) is 11.3 Å². The summed E-state index contributed by atoms with van der Waals surface area (Å²) in [6.07, 6.45) is 1.82. The van der Waals surface area contributed by atoms with Gasteiger partial charge in [0.1, 0.15) is 0 Å². The van der Waals surface area contributed by atoms with E-state index < -0.39 is 0 Å². The smallest absolute Gasteiger partial charge is 0.0881 e. The van der Waals surface area contributed by atoms with Crippen molar-refractivity contribution < 1.29 is 0 Å². The zero-order chi connectivity index (χ0) is 11.7. The Labute approximate surface area is 107 Å². The highest BCUT2D eigenvalue weighted by atomic mass is 35.5. The summed E-state index contributed by atoms with van der Waals surface area (Å²) in [6, 6.07) is 8.07. The van der Waals surface area contributed by atoms with Crippen LogP contribution >= 0.6 is 22.9 Å². The largest absolute Gasteiger partial charge is 0.378 e. The van der Waals surface area contributed by atoms with E-state index in [1.807, 2.05) is 35.8 Å². The van der Waals surface area contributed by atoms with Gasteiger partial charge in [-0.15, -0.1) is 11.3 Å². The lowest BCUT2D eigenvalue weighted by molar-refractivity contribution is 1.11. The van der Waals surface area contributed by atoms with Gasteiger partial charge in [0.25, 0.3) is 0 Å². The van der Waals surface area contributed by atoms with Crippen LogP contribution in [0, 0.1) is 0 Å². The second kappa shape index (κ2) is 4.39. The van der Waals surface area contributed by atoms with E-state index in [1.165, 1.54) is 4.88 Å². The molecule has 0 aliphatic rings. The zero-order valence-corrected chi connectivity index (χ0v) is 10.5. The number of H-pyrrole nitrogens is 1. The molecule has 2 N–H and O–H groups in total. The lowest BCUT2D eigenvalue weighted by Crippen LogP contribution is -1.97. The molecule has 3 aromatic rings. The number of hydrogen-bond acceptors (Lipinski definition) is 3. The van der Waals surface area contributed by atoms with Gasteiger partial charge in [0.05, 0.1) is 22.4 Å². The Hall–Kier alpha value is -1.52. The van der Waals surface area contributed by atoms with Gasteiger partial charge in [-0.2, -0.15) is 5.10 Å². The minimum atomic E-state index is 0.773. The molecule has 0 aliphatic carbocycles. The second-order valence-electron chi connectivity index (χ2n) is 3.72. The van der Waals surface area contributed by atoms with E-state index in [-0.39, 0.29) is 0 Å². The van der Waals surface area contributed by atoms with Crippen LogP contribution in [0.2, 0.25) is 5.02 Å². The van der Waals surface area contributed by atoms with Crippen molar-refractivity contribution in [3.8, 4) is 0 Å². The predicted molar refractivity (Wildman–Crippen MR) is 72.7 cm³/mol. The van der Waals surface area contributed by atoms with Gasteiger partial charge >= 0.3 is 0 Å². The molecule has 0 unspecified atom stereocenters. The fourth-order valence-electron chi connectivity index (χ4n) is 1.75. The number of nitrogens with one attached hydrogen (secondary N) is 2. The van der Waals surface area contributed by atoms with E-state index in [2.05, 4.69) is 15.5 Å². The van der Waals surface area contributed by atoms with E-state index >= 15 is 0 Å². The number of halogens is 1. The number of fused-ring (bicyclic) bond motifs is 1. The Morgan fingerprint density at radius 1 is 1.41 bits per heavy atom. The number of rotatable bonds is 3. The van der Waals surface area contributed by atoms with Crippen LogP contribution < -0.4 is 5.32 Å². The van der Waals surface area contributed by atoms with Gasteiger partial charge in [-0.25, -0.2) is 0 Å². The molecular weight excluding hydrogens is 254 g/mol. The van der Waals surface area contributed by atoms with Gasteiger partial charge < -0.3 is 5.32 Å². The molecule has 1 aromatic carbocycles. The second-order valence-corrected chi connectivity index (χ2v) is 5.16. The number of aromatic amines is 1. The van der Waals surface area contributed by atoms with Crippen molar-refractivity contribution in [2.24, 2.45) is 0 Å². The molecule has 0 bridgehead atoms. The first-order valence-electron chi connectivity index (χ1n) is 5.22. The highest BCUT2D eigenvalue weighted by Gasteiger charge is 2.03. The molecule has 0 aliphatic heterocycles. The molecule has 0 saturated heterocycles. The maximum atomic E-state index is 5.89. The summed E-state index contributed by atoms with van der Waals surface area (Å²) in [5.41, 5.74) is 2.10. The molecule has 2 heterocycles. The van der Waals surface area contributed by atoms with Crippen LogP contribution in [0.3, 0.4) is 0 Å². The van der Waals surface area contributed by atoms with Crippen molar-refractivity contribution >= 4 is 39.5 Å². The van der Waals surface area contributed by atoms with Crippen LogP contribution in [0.5, 0.6) is 0 Å². The molecule has 0 amide bonds. The van der Waals surface area contributed by atoms with Crippen molar-refractivity contribution in [2.45, 2.75) is 6.54 Å². The summed E-state index contributed by atoms with van der Waals surface area (Å²) in [6.45, 7) is 0.773. The zero-order valence-electron chi connectivity index (χ0n) is 8.90. The maximum absolute atomic E-state index is 5.89. The Bertz CT molecular complexity index is 644. The molecule has 0 atom stereocenters. The molecule has 0 spiro atoms. The predicted octanol–water partition coefficient (Wildman–Crippen LogP) is 3.89. The van der Waals surface area contributed by atoms with Crippen molar-refractivity contribution in [3.63, 3.8) is 0 Å². The minimum absolute atomic E-state index is 0.773. The van der Waals surface area contributed by atoms with Crippen LogP contribution in [0.15, 0.2) is 35.8 Å². The maximum Gasteiger partial charge on any atom is 0.0881 e. The van der Waals surface area contributed by atoms with E-state index in [4.69, 9.17) is 11.6 Å². The van der Waals surface area contributed by atoms with Gasteiger partial charge in [-0.1, -0.05) is 23.7 Å². The van der Waals surface area contributed by atoms with E-state index in [0.29, 0.717) is 0 Å². The Kier molecular flexibility index (Phi) is 2.74. The topological polar surface area (TPSA) is 40.7 Å². The Balaban J connectivity index is 1.83. The fourth-order valence-corrected chi connectivity index (χ4v) is 2.76. The third-order valence-electron chi connectivity index (χ3n) is 2.55. The SMILES string of the molecule is Clc1csc(CNc2cccc3cn[nH]c23)c1. The van der Waals surface area contributed by atoms with Gasteiger partial charge in [0.2, 0.25) is 0 Å². The van der Waals surface area contributed by atoms with Crippen molar-refractivity contribution in [1.29, 1.82) is 0 Å². The first-order valence-corrected chi connectivity index (χ1v) is 6.47. The van der Waals surface area contributed by atoms with Crippen LogP contribution in [-0.4, -0.2) is 10.2 Å². The monoisotopic (exact) mass is 263 g/mol. The fraction of sp³-hybridized carbons (Fsp3) is 0.0833. The third-order valence-corrected chi connectivity index (χ3v) is 3.84. The number of nitrogens with zero attached hydrogens (tertiary/aromatic N) is 1. The summed E-state index contributed by atoms with van der Waals surface area (Å²) in [7, 11) is 0. The van der Waals surface area contributed by atoms with Gasteiger partial charge in [0, 0.05) is 22.2 Å². The molecule has 86 valence electrons. The van der Waals surface area contributed by atoms with Crippen molar-refractivity contribution in [2.75, 3.05) is 5.32 Å². The minimum Gasteiger partial charge on any atom is -0.378 e. The first kappa shape index (κ1) is 10.6. The van der Waals surface area contributed by atoms with Gasteiger partial charge in [-0.05, 0) is 12.1 Å². The highest BCUT2D eigenvalue weighted by molar-refractivity contribution is 7.10. The summed E-state index contributed by atoms with van der Waals surface area (Å²) in [5, 5.41) is 14.3. The number of thiophene rings is 1. The first-order chi connectivity index (χ1) is 8.33. The van der Waals surface area contributed by atoms with Gasteiger partial charge in [0.15, 0.2) is 0 Å². The lowest BCUT2D eigenvalue weighted by Gasteiger charge is -2.05. The number of para-hydroxylation sites is 1. The van der Waals surface area contributed by atoms with Crippen molar-refractivity contribution in [1.82, 2.24) is 10.2 Å².